The van der Waals surface area contributed by atoms with Crippen LogP contribution in [0.15, 0.2) is 0 Å². The largest absolute Gasteiger partial charge is 0.481 e. The van der Waals surface area contributed by atoms with E-state index in [1.165, 1.54) is 32.8 Å². The van der Waals surface area contributed by atoms with E-state index in [0.717, 1.165) is 25.2 Å². The highest BCUT2D eigenvalue weighted by molar-refractivity contribution is 5.69. The molecule has 0 aromatic rings. The lowest BCUT2D eigenvalue weighted by Gasteiger charge is -2.53. The topological polar surface area (TPSA) is 83.8 Å². The number of hydrogen-bond donors (Lipinski definition) is 2. The third-order valence-corrected chi connectivity index (χ3v) is 9.19. The van der Waals surface area contributed by atoms with E-state index in [-0.39, 0.29) is 36.1 Å². The summed E-state index contributed by atoms with van der Waals surface area (Å²) in [7, 11) is 1.37. The van der Waals surface area contributed by atoms with Crippen molar-refractivity contribution in [3.8, 4) is 0 Å². The molecule has 0 bridgehead atoms. The number of carboxylic acid groups (broad SMARTS) is 1. The van der Waals surface area contributed by atoms with E-state index in [1.807, 2.05) is 6.92 Å². The molecule has 7 atom stereocenters. The molecular weight excluding hydrogens is 404 g/mol. The molecule has 0 aromatic heterocycles. The number of hydrogen-bond acceptors (Lipinski definition) is 4. The number of carbonyl (C=O) groups excluding carboxylic acids is 1. The molecule has 0 spiro atoms. The van der Waals surface area contributed by atoms with Gasteiger partial charge in [-0.2, -0.15) is 0 Å². The van der Waals surface area contributed by atoms with Gasteiger partial charge in [-0.1, -0.05) is 47.0 Å². The van der Waals surface area contributed by atoms with Crippen LogP contribution in [-0.4, -0.2) is 34.9 Å². The molecule has 2 saturated carbocycles. The predicted octanol–water partition coefficient (Wildman–Crippen LogP) is 6.08. The van der Waals surface area contributed by atoms with Crippen LogP contribution in [0.4, 0.5) is 0 Å². The molecule has 2 aliphatic carbocycles. The van der Waals surface area contributed by atoms with Gasteiger partial charge in [0.05, 0.1) is 12.7 Å². The second-order valence-electron chi connectivity index (χ2n) is 11.8. The Balaban J connectivity index is 2.18. The summed E-state index contributed by atoms with van der Waals surface area (Å²) in [6.07, 6.45) is 9.49. The molecule has 0 amide bonds. The average molecular weight is 453 g/mol. The second kappa shape index (κ2) is 11.4. The van der Waals surface area contributed by atoms with Gasteiger partial charge in [-0.3, -0.25) is 9.59 Å². The van der Waals surface area contributed by atoms with E-state index < -0.39 is 11.6 Å². The van der Waals surface area contributed by atoms with E-state index in [2.05, 4.69) is 27.7 Å². The van der Waals surface area contributed by atoms with Crippen molar-refractivity contribution in [2.75, 3.05) is 7.11 Å². The number of fused-ring (bicyclic) bond motifs is 1. The van der Waals surface area contributed by atoms with Crippen LogP contribution < -0.4 is 0 Å². The zero-order chi connectivity index (χ0) is 24.1. The van der Waals surface area contributed by atoms with Crippen molar-refractivity contribution in [1.29, 1.82) is 0 Å². The maximum Gasteiger partial charge on any atom is 0.305 e. The van der Waals surface area contributed by atoms with Gasteiger partial charge in [0.2, 0.25) is 0 Å². The SMILES string of the molecule is COC(=O)CC[C@@](C)(O)[C@H]1CC[C@]2(C)[C@@H]([C@H](C)CCCC(C)C)CC[C@H]2[C@@H]1CCC(=O)O. The average Bonchev–Trinajstić information content (AvgIpc) is 3.06. The molecule has 0 heterocycles. The van der Waals surface area contributed by atoms with Gasteiger partial charge in [-0.05, 0) is 86.4 Å². The first kappa shape index (κ1) is 27.1. The zero-order valence-electron chi connectivity index (χ0n) is 21.4. The lowest BCUT2D eigenvalue weighted by molar-refractivity contribution is -0.145. The summed E-state index contributed by atoms with van der Waals surface area (Å²) in [5.41, 5.74) is -0.769. The van der Waals surface area contributed by atoms with Crippen molar-refractivity contribution in [3.63, 3.8) is 0 Å². The molecule has 32 heavy (non-hydrogen) atoms. The summed E-state index contributed by atoms with van der Waals surface area (Å²) in [5, 5.41) is 20.8. The maximum absolute atomic E-state index is 11.7. The van der Waals surface area contributed by atoms with E-state index in [0.29, 0.717) is 30.6 Å². The first-order valence-electron chi connectivity index (χ1n) is 12.9. The molecule has 0 aliphatic heterocycles. The minimum Gasteiger partial charge on any atom is -0.481 e. The summed E-state index contributed by atoms with van der Waals surface area (Å²) in [4.78, 5) is 23.2. The number of aliphatic hydroxyl groups is 1. The Morgan fingerprint density at radius 3 is 2.41 bits per heavy atom. The van der Waals surface area contributed by atoms with Crippen molar-refractivity contribution >= 4 is 11.9 Å². The number of carbonyl (C=O) groups is 2. The molecule has 2 aliphatic rings. The van der Waals surface area contributed by atoms with Crippen molar-refractivity contribution < 1.29 is 24.5 Å². The normalized spacial score (nSPS) is 32.9. The Kier molecular flexibility index (Phi) is 9.63. The number of methoxy groups -OCH3 is 1. The Labute approximate surface area is 195 Å². The third kappa shape index (κ3) is 6.48. The van der Waals surface area contributed by atoms with Crippen LogP contribution in [0.1, 0.15) is 105 Å². The summed E-state index contributed by atoms with van der Waals surface area (Å²) in [5.74, 6) is 1.70. The van der Waals surface area contributed by atoms with Crippen LogP contribution in [0.5, 0.6) is 0 Å². The van der Waals surface area contributed by atoms with Gasteiger partial charge in [0, 0.05) is 12.8 Å². The number of rotatable bonds is 12. The van der Waals surface area contributed by atoms with E-state index in [1.54, 1.807) is 0 Å². The Hall–Kier alpha value is -1.10. The van der Waals surface area contributed by atoms with Crippen molar-refractivity contribution in [3.05, 3.63) is 0 Å². The number of ether oxygens (including phenoxy) is 1. The highest BCUT2D eigenvalue weighted by Crippen LogP contribution is 2.63. The van der Waals surface area contributed by atoms with E-state index in [4.69, 9.17) is 4.74 Å². The quantitative estimate of drug-likeness (QED) is 0.351. The Bertz CT molecular complexity index is 628. The molecule has 5 nitrogen and oxygen atoms in total. The molecule has 0 saturated heterocycles. The Morgan fingerprint density at radius 1 is 1.12 bits per heavy atom. The van der Waals surface area contributed by atoms with Crippen molar-refractivity contribution in [2.24, 2.45) is 40.9 Å². The van der Waals surface area contributed by atoms with E-state index >= 15 is 0 Å². The highest BCUT2D eigenvalue weighted by atomic mass is 16.5. The van der Waals surface area contributed by atoms with Gasteiger partial charge < -0.3 is 14.9 Å². The molecule has 2 rings (SSSR count). The third-order valence-electron chi connectivity index (χ3n) is 9.19. The molecular formula is C27H48O5. The van der Waals surface area contributed by atoms with Crippen LogP contribution >= 0.6 is 0 Å². The van der Waals surface area contributed by atoms with Crippen LogP contribution in [0.3, 0.4) is 0 Å². The maximum atomic E-state index is 11.7. The molecule has 2 N–H and O–H groups in total. The summed E-state index contributed by atoms with van der Waals surface area (Å²) in [6, 6.07) is 0. The fraction of sp³-hybridized carbons (Fsp3) is 0.926. The minimum atomic E-state index is -0.986. The van der Waals surface area contributed by atoms with Gasteiger partial charge in [-0.25, -0.2) is 0 Å². The second-order valence-corrected chi connectivity index (χ2v) is 11.8. The van der Waals surface area contributed by atoms with Crippen LogP contribution in [-0.2, 0) is 14.3 Å². The molecule has 2 fully saturated rings. The van der Waals surface area contributed by atoms with Crippen LogP contribution in [0, 0.1) is 40.9 Å². The molecule has 0 unspecified atom stereocenters. The molecule has 5 heteroatoms. The molecule has 0 aromatic carbocycles. The molecule has 186 valence electrons. The first-order chi connectivity index (χ1) is 14.9. The van der Waals surface area contributed by atoms with Gasteiger partial charge in [0.15, 0.2) is 0 Å². The van der Waals surface area contributed by atoms with Crippen molar-refractivity contribution in [2.45, 2.75) is 111 Å². The summed E-state index contributed by atoms with van der Waals surface area (Å²) < 4.78 is 4.78. The summed E-state index contributed by atoms with van der Waals surface area (Å²) >= 11 is 0. The summed E-state index contributed by atoms with van der Waals surface area (Å²) in [6.45, 7) is 11.3. The number of carboxylic acids is 1. The molecule has 0 radical (unpaired) electrons. The van der Waals surface area contributed by atoms with E-state index in [9.17, 15) is 19.8 Å². The first-order valence-corrected chi connectivity index (χ1v) is 12.9. The van der Waals surface area contributed by atoms with Gasteiger partial charge in [-0.15, -0.1) is 0 Å². The Morgan fingerprint density at radius 2 is 1.81 bits per heavy atom. The van der Waals surface area contributed by atoms with Gasteiger partial charge in [0.1, 0.15) is 0 Å². The van der Waals surface area contributed by atoms with Gasteiger partial charge >= 0.3 is 11.9 Å². The lowest BCUT2D eigenvalue weighted by Crippen LogP contribution is -2.50. The predicted molar refractivity (Wildman–Crippen MR) is 127 cm³/mol. The monoisotopic (exact) mass is 452 g/mol. The fourth-order valence-corrected chi connectivity index (χ4v) is 7.42. The fourth-order valence-electron chi connectivity index (χ4n) is 7.42. The lowest BCUT2D eigenvalue weighted by atomic mass is 9.53. The smallest absolute Gasteiger partial charge is 0.305 e. The van der Waals surface area contributed by atoms with Gasteiger partial charge in [0.25, 0.3) is 0 Å². The van der Waals surface area contributed by atoms with Crippen LogP contribution in [0.25, 0.3) is 0 Å². The van der Waals surface area contributed by atoms with Crippen LogP contribution in [0.2, 0.25) is 0 Å². The highest BCUT2D eigenvalue weighted by Gasteiger charge is 2.57. The zero-order valence-corrected chi connectivity index (χ0v) is 21.4. The number of esters is 1. The standard InChI is InChI=1S/C27H48O5/c1-18(2)8-7-9-19(3)21-11-12-22-20(10-13-24(28)29)23(14-16-26(21,22)4)27(5,31)17-15-25(30)32-6/h18-23,31H,7-17H2,1-6H3,(H,28,29)/t19-,20+,21-,22+,23+,26-,27-/m1/s1. The minimum absolute atomic E-state index is 0.0274. The number of aliphatic carboxylic acids is 1. The van der Waals surface area contributed by atoms with Crippen molar-refractivity contribution in [1.82, 2.24) is 0 Å².